The van der Waals surface area contributed by atoms with Crippen LogP contribution in [-0.4, -0.2) is 54.0 Å². The van der Waals surface area contributed by atoms with Crippen molar-refractivity contribution < 1.29 is 4.74 Å². The van der Waals surface area contributed by atoms with Crippen molar-refractivity contribution in [3.63, 3.8) is 0 Å². The van der Waals surface area contributed by atoms with Crippen molar-refractivity contribution in [1.29, 1.82) is 0 Å². The lowest BCUT2D eigenvalue weighted by atomic mass is 10.1. The quantitative estimate of drug-likeness (QED) is 0.900. The smallest absolute Gasteiger partial charge is 0.151 e. The van der Waals surface area contributed by atoms with Crippen molar-refractivity contribution >= 4 is 18.2 Å². The fraction of sp³-hybridized carbons (Fsp3) is 0.444. The molecule has 6 heteroatoms. The number of nitrogens with zero attached hydrogens (tertiary/aromatic N) is 3. The standard InChI is InChI=1S/C18H24N4O.ClH/c1-14-12-17(16-6-4-3-5-7-16)20-21-18(14)19-13-15(2)22-8-10-23-11-9-22;/h3-7,12,15H,8-11,13H2,1-2H3,(H,19,21);1H. The van der Waals surface area contributed by atoms with Gasteiger partial charge in [-0.25, -0.2) is 0 Å². The number of anilines is 1. The van der Waals surface area contributed by atoms with E-state index >= 15 is 0 Å². The van der Waals surface area contributed by atoms with Crippen LogP contribution in [0.4, 0.5) is 5.82 Å². The van der Waals surface area contributed by atoms with Gasteiger partial charge in [-0.1, -0.05) is 30.3 Å². The van der Waals surface area contributed by atoms with Crippen molar-refractivity contribution in [3.05, 3.63) is 42.0 Å². The van der Waals surface area contributed by atoms with E-state index in [2.05, 4.69) is 52.5 Å². The summed E-state index contributed by atoms with van der Waals surface area (Å²) in [6.07, 6.45) is 0. The summed E-state index contributed by atoms with van der Waals surface area (Å²) in [7, 11) is 0. The Morgan fingerprint density at radius 3 is 2.54 bits per heavy atom. The van der Waals surface area contributed by atoms with Gasteiger partial charge in [-0.15, -0.1) is 22.6 Å². The number of hydrogen-bond acceptors (Lipinski definition) is 5. The number of hydrogen-bond donors (Lipinski definition) is 1. The van der Waals surface area contributed by atoms with Crippen LogP contribution < -0.4 is 5.32 Å². The van der Waals surface area contributed by atoms with E-state index in [9.17, 15) is 0 Å². The SMILES string of the molecule is Cc1cc(-c2ccccc2)nnc1NCC(C)N1CCOCC1.Cl. The average Bonchev–Trinajstić information content (AvgIpc) is 2.62. The molecule has 1 unspecified atom stereocenters. The van der Waals surface area contributed by atoms with Gasteiger partial charge in [0.05, 0.1) is 18.9 Å². The molecule has 1 saturated heterocycles. The summed E-state index contributed by atoms with van der Waals surface area (Å²) in [5.41, 5.74) is 3.12. The van der Waals surface area contributed by atoms with Gasteiger partial charge in [-0.2, -0.15) is 0 Å². The molecular weight excluding hydrogens is 324 g/mol. The van der Waals surface area contributed by atoms with Crippen LogP contribution in [0.2, 0.25) is 0 Å². The Kier molecular flexibility index (Phi) is 6.97. The molecule has 3 rings (SSSR count). The monoisotopic (exact) mass is 348 g/mol. The Morgan fingerprint density at radius 1 is 1.17 bits per heavy atom. The number of ether oxygens (including phenoxy) is 1. The highest BCUT2D eigenvalue weighted by Gasteiger charge is 2.17. The minimum atomic E-state index is 0. The maximum Gasteiger partial charge on any atom is 0.151 e. The van der Waals surface area contributed by atoms with E-state index in [1.165, 1.54) is 0 Å². The largest absolute Gasteiger partial charge is 0.379 e. The number of benzene rings is 1. The van der Waals surface area contributed by atoms with Gasteiger partial charge in [0.1, 0.15) is 0 Å². The Hall–Kier alpha value is -1.69. The molecule has 0 spiro atoms. The molecule has 0 aliphatic carbocycles. The molecule has 1 aromatic heterocycles. The lowest BCUT2D eigenvalue weighted by Crippen LogP contribution is -2.45. The van der Waals surface area contributed by atoms with Crippen molar-refractivity contribution in [2.24, 2.45) is 0 Å². The van der Waals surface area contributed by atoms with E-state index in [-0.39, 0.29) is 12.4 Å². The minimum Gasteiger partial charge on any atom is -0.379 e. The second kappa shape index (κ2) is 8.97. The second-order valence-electron chi connectivity index (χ2n) is 6.01. The van der Waals surface area contributed by atoms with E-state index in [0.717, 1.165) is 55.5 Å². The third-order valence-corrected chi connectivity index (χ3v) is 4.29. The zero-order chi connectivity index (χ0) is 16.1. The van der Waals surface area contributed by atoms with Gasteiger partial charge in [0, 0.05) is 31.2 Å². The number of aryl methyl sites for hydroxylation is 1. The predicted octanol–water partition coefficient (Wildman–Crippen LogP) is 3.01. The van der Waals surface area contributed by atoms with Crippen molar-refractivity contribution in [1.82, 2.24) is 15.1 Å². The summed E-state index contributed by atoms with van der Waals surface area (Å²) in [5, 5.41) is 12.2. The first-order valence-corrected chi connectivity index (χ1v) is 8.19. The molecule has 0 bridgehead atoms. The molecule has 2 aromatic rings. The van der Waals surface area contributed by atoms with Crippen molar-refractivity contribution in [3.8, 4) is 11.3 Å². The van der Waals surface area contributed by atoms with Crippen molar-refractivity contribution in [2.75, 3.05) is 38.2 Å². The lowest BCUT2D eigenvalue weighted by Gasteiger charge is -2.32. The van der Waals surface area contributed by atoms with E-state index in [4.69, 9.17) is 4.74 Å². The summed E-state index contributed by atoms with van der Waals surface area (Å²) in [6, 6.07) is 12.7. The second-order valence-corrected chi connectivity index (χ2v) is 6.01. The van der Waals surface area contributed by atoms with E-state index in [1.54, 1.807) is 0 Å². The summed E-state index contributed by atoms with van der Waals surface area (Å²) >= 11 is 0. The zero-order valence-electron chi connectivity index (χ0n) is 14.2. The molecule has 0 radical (unpaired) electrons. The normalized spacial score (nSPS) is 16.2. The van der Waals surface area contributed by atoms with Crippen LogP contribution in [0.5, 0.6) is 0 Å². The minimum absolute atomic E-state index is 0. The molecule has 1 fully saturated rings. The van der Waals surface area contributed by atoms with Gasteiger partial charge in [-0.3, -0.25) is 4.90 Å². The predicted molar refractivity (Wildman–Crippen MR) is 99.8 cm³/mol. The first-order chi connectivity index (χ1) is 11.2. The molecule has 0 saturated carbocycles. The van der Waals surface area contributed by atoms with Crippen LogP contribution in [-0.2, 0) is 4.74 Å². The Bertz CT molecular complexity index is 632. The fourth-order valence-corrected chi connectivity index (χ4v) is 2.80. The average molecular weight is 349 g/mol. The highest BCUT2D eigenvalue weighted by molar-refractivity contribution is 5.85. The van der Waals surface area contributed by atoms with Gasteiger partial charge in [-0.05, 0) is 25.5 Å². The van der Waals surface area contributed by atoms with Crippen LogP contribution >= 0.6 is 12.4 Å². The van der Waals surface area contributed by atoms with Gasteiger partial charge in [0.2, 0.25) is 0 Å². The van der Waals surface area contributed by atoms with Crippen LogP contribution in [0.1, 0.15) is 12.5 Å². The highest BCUT2D eigenvalue weighted by Crippen LogP contribution is 2.20. The Balaban J connectivity index is 0.00000208. The molecule has 0 amide bonds. The number of halogens is 1. The zero-order valence-corrected chi connectivity index (χ0v) is 15.1. The third kappa shape index (κ3) is 4.66. The third-order valence-electron chi connectivity index (χ3n) is 4.29. The molecular formula is C18H25ClN4O. The molecule has 1 atom stereocenters. The number of morpholine rings is 1. The first-order valence-electron chi connectivity index (χ1n) is 8.19. The topological polar surface area (TPSA) is 50.3 Å². The van der Waals surface area contributed by atoms with Gasteiger partial charge in [0.15, 0.2) is 5.82 Å². The maximum atomic E-state index is 5.40. The van der Waals surface area contributed by atoms with E-state index < -0.39 is 0 Å². The van der Waals surface area contributed by atoms with Crippen molar-refractivity contribution in [2.45, 2.75) is 19.9 Å². The number of aromatic nitrogens is 2. The first kappa shape index (κ1) is 18.6. The van der Waals surface area contributed by atoms with E-state index in [0.29, 0.717) is 6.04 Å². The van der Waals surface area contributed by atoms with Gasteiger partial charge >= 0.3 is 0 Å². The molecule has 130 valence electrons. The molecule has 1 aliphatic rings. The summed E-state index contributed by atoms with van der Waals surface area (Å²) in [6.45, 7) is 8.83. The summed E-state index contributed by atoms with van der Waals surface area (Å²) < 4.78 is 5.40. The number of rotatable bonds is 5. The van der Waals surface area contributed by atoms with Crippen LogP contribution in [0, 0.1) is 6.92 Å². The number of nitrogens with one attached hydrogen (secondary N) is 1. The van der Waals surface area contributed by atoms with Gasteiger partial charge in [0.25, 0.3) is 0 Å². The maximum absolute atomic E-state index is 5.40. The van der Waals surface area contributed by atoms with Crippen LogP contribution in [0.25, 0.3) is 11.3 Å². The lowest BCUT2D eigenvalue weighted by molar-refractivity contribution is 0.0227. The molecule has 5 nitrogen and oxygen atoms in total. The molecule has 1 N–H and O–H groups in total. The fourth-order valence-electron chi connectivity index (χ4n) is 2.80. The summed E-state index contributed by atoms with van der Waals surface area (Å²) in [4.78, 5) is 2.44. The summed E-state index contributed by atoms with van der Waals surface area (Å²) in [5.74, 6) is 0.866. The molecule has 1 aliphatic heterocycles. The van der Waals surface area contributed by atoms with E-state index in [1.807, 2.05) is 18.2 Å². The highest BCUT2D eigenvalue weighted by atomic mass is 35.5. The van der Waals surface area contributed by atoms with Gasteiger partial charge < -0.3 is 10.1 Å². The Labute approximate surface area is 149 Å². The van der Waals surface area contributed by atoms with Crippen LogP contribution in [0.3, 0.4) is 0 Å². The van der Waals surface area contributed by atoms with Crippen LogP contribution in [0.15, 0.2) is 36.4 Å². The molecule has 1 aromatic carbocycles. The molecule has 2 heterocycles. The molecule has 24 heavy (non-hydrogen) atoms. The Morgan fingerprint density at radius 2 is 1.88 bits per heavy atom.